The van der Waals surface area contributed by atoms with Gasteiger partial charge in [-0.25, -0.2) is 8.42 Å². The normalized spacial score (nSPS) is 22.2. The van der Waals surface area contributed by atoms with E-state index in [1.165, 1.54) is 11.1 Å². The summed E-state index contributed by atoms with van der Waals surface area (Å²) < 4.78 is 29.8. The number of nitrogens with zero attached hydrogens (tertiary/aromatic N) is 1. The van der Waals surface area contributed by atoms with Gasteiger partial charge in [-0.05, 0) is 70.7 Å². The third-order valence-corrected chi connectivity index (χ3v) is 10.5. The minimum absolute atomic E-state index is 0.0141. The second kappa shape index (κ2) is 8.57. The monoisotopic (exact) mass is 538 g/mol. The summed E-state index contributed by atoms with van der Waals surface area (Å²) in [6, 6.07) is 32.1. The molecule has 1 fully saturated rings. The van der Waals surface area contributed by atoms with Gasteiger partial charge in [-0.1, -0.05) is 83.9 Å². The molecule has 0 unspecified atom stereocenters. The van der Waals surface area contributed by atoms with Crippen molar-refractivity contribution in [3.8, 4) is 0 Å². The van der Waals surface area contributed by atoms with Gasteiger partial charge in [0.1, 0.15) is 0 Å². The molecule has 2 heterocycles. The molecule has 0 aromatic heterocycles. The van der Waals surface area contributed by atoms with Crippen LogP contribution in [0.25, 0.3) is 5.57 Å². The van der Waals surface area contributed by atoms with E-state index in [-0.39, 0.29) is 5.92 Å². The van der Waals surface area contributed by atoms with E-state index in [0.29, 0.717) is 29.6 Å². The number of rotatable bonds is 3. The van der Waals surface area contributed by atoms with E-state index in [1.807, 2.05) is 43.3 Å². The van der Waals surface area contributed by atoms with Crippen LogP contribution < -0.4 is 5.32 Å². The number of hydrogen-bond acceptors (Lipinski definition) is 3. The topological polar surface area (TPSA) is 49.4 Å². The van der Waals surface area contributed by atoms with Crippen LogP contribution in [0.5, 0.6) is 0 Å². The maximum atomic E-state index is 14.0. The lowest BCUT2D eigenvalue weighted by Crippen LogP contribution is -2.56. The van der Waals surface area contributed by atoms with Gasteiger partial charge < -0.3 is 5.32 Å². The number of nitrogens with one attached hydrogen (secondary N) is 1. The zero-order valence-electron chi connectivity index (χ0n) is 21.0. The Bertz CT molecular complexity index is 1710. The van der Waals surface area contributed by atoms with E-state index in [0.717, 1.165) is 33.5 Å². The van der Waals surface area contributed by atoms with Gasteiger partial charge in [-0.15, -0.1) is 0 Å². The fraction of sp³-hybridized carbons (Fsp3) is 0.188. The summed E-state index contributed by atoms with van der Waals surface area (Å²) in [6.45, 7) is 3.36. The molecule has 2 atom stereocenters. The Morgan fingerprint density at radius 2 is 1.63 bits per heavy atom. The molecular weight excluding hydrogens is 512 g/mol. The van der Waals surface area contributed by atoms with Gasteiger partial charge in [0.25, 0.3) is 0 Å². The lowest BCUT2D eigenvalue weighted by atomic mass is 9.59. The Labute approximate surface area is 228 Å². The standard InChI is InChI=1S/C32H27ClN2O2S/c1-21-11-14-25(15-12-21)38(36,37)35-19-23-18-34-30-16-13-24(33)17-28(30)32(23)27-10-6-5-9-26(27)31(29(32)20-35)22-7-3-2-4-8-22/h2-17,23,34H,18-20H2,1H3/t23-,32-/m1/s1. The summed E-state index contributed by atoms with van der Waals surface area (Å²) in [4.78, 5) is 0.334. The van der Waals surface area contributed by atoms with Crippen LogP contribution >= 0.6 is 11.6 Å². The highest BCUT2D eigenvalue weighted by Gasteiger charge is 2.58. The molecular formula is C32H27ClN2O2S. The van der Waals surface area contributed by atoms with E-state index in [2.05, 4.69) is 53.8 Å². The third kappa shape index (κ3) is 3.29. The average molecular weight is 539 g/mol. The molecule has 4 nitrogen and oxygen atoms in total. The molecule has 1 aliphatic carbocycles. The Morgan fingerprint density at radius 3 is 2.42 bits per heavy atom. The van der Waals surface area contributed by atoms with E-state index < -0.39 is 15.4 Å². The van der Waals surface area contributed by atoms with E-state index in [4.69, 9.17) is 11.6 Å². The fourth-order valence-electron chi connectivity index (χ4n) is 6.81. The number of anilines is 1. The minimum atomic E-state index is -3.70. The highest BCUT2D eigenvalue weighted by atomic mass is 35.5. The maximum absolute atomic E-state index is 14.0. The SMILES string of the molecule is Cc1ccc(S(=O)(=O)N2CC3=C(c4ccccc4)c4ccccc4[C@]34c3cc(Cl)ccc3NC[C@@H]4C2)cc1. The van der Waals surface area contributed by atoms with Crippen molar-refractivity contribution in [3.63, 3.8) is 0 Å². The molecule has 1 N–H and O–H groups in total. The Morgan fingerprint density at radius 1 is 0.895 bits per heavy atom. The van der Waals surface area contributed by atoms with Gasteiger partial charge in [0.15, 0.2) is 0 Å². The Kier molecular flexibility index (Phi) is 5.35. The molecule has 1 spiro atoms. The van der Waals surface area contributed by atoms with Crippen LogP contribution in [0.3, 0.4) is 0 Å². The summed E-state index contributed by atoms with van der Waals surface area (Å²) in [5.41, 5.74) is 8.51. The number of aryl methyl sites for hydroxylation is 1. The van der Waals surface area contributed by atoms with Crippen molar-refractivity contribution < 1.29 is 8.42 Å². The third-order valence-electron chi connectivity index (χ3n) is 8.44. The van der Waals surface area contributed by atoms with E-state index in [9.17, 15) is 8.42 Å². The van der Waals surface area contributed by atoms with Crippen molar-refractivity contribution in [2.24, 2.45) is 5.92 Å². The van der Waals surface area contributed by atoms with Gasteiger partial charge in [0.2, 0.25) is 10.0 Å². The number of hydrogen-bond donors (Lipinski definition) is 1. The second-order valence-electron chi connectivity index (χ2n) is 10.5. The minimum Gasteiger partial charge on any atom is -0.384 e. The van der Waals surface area contributed by atoms with Gasteiger partial charge in [0, 0.05) is 36.3 Å². The maximum Gasteiger partial charge on any atom is 0.243 e. The van der Waals surface area contributed by atoms with Gasteiger partial charge in [-0.2, -0.15) is 4.31 Å². The molecule has 0 amide bonds. The largest absolute Gasteiger partial charge is 0.384 e. The van der Waals surface area contributed by atoms with Crippen LogP contribution in [0.15, 0.2) is 108 Å². The lowest BCUT2D eigenvalue weighted by Gasteiger charge is -2.51. The number of halogens is 1. The summed E-state index contributed by atoms with van der Waals surface area (Å²) >= 11 is 6.62. The smallest absolute Gasteiger partial charge is 0.243 e. The quantitative estimate of drug-likeness (QED) is 0.324. The molecule has 0 saturated carbocycles. The van der Waals surface area contributed by atoms with Crippen LogP contribution in [0.1, 0.15) is 27.8 Å². The molecule has 1 saturated heterocycles. The molecule has 190 valence electrons. The number of piperidine rings is 1. The van der Waals surface area contributed by atoms with E-state index >= 15 is 0 Å². The molecule has 0 bridgehead atoms. The first-order valence-electron chi connectivity index (χ1n) is 12.9. The van der Waals surface area contributed by atoms with Gasteiger partial charge >= 0.3 is 0 Å². The average Bonchev–Trinajstić information content (AvgIpc) is 3.23. The zero-order chi connectivity index (χ0) is 26.1. The number of benzene rings is 4. The van der Waals surface area contributed by atoms with Crippen molar-refractivity contribution in [1.29, 1.82) is 0 Å². The molecule has 7 rings (SSSR count). The molecule has 0 radical (unpaired) electrons. The number of sulfonamides is 1. The Hall–Kier alpha value is -3.38. The predicted molar refractivity (Wildman–Crippen MR) is 153 cm³/mol. The van der Waals surface area contributed by atoms with Gasteiger partial charge in [-0.3, -0.25) is 0 Å². The van der Waals surface area contributed by atoms with Crippen molar-refractivity contribution in [1.82, 2.24) is 4.31 Å². The highest BCUT2D eigenvalue weighted by molar-refractivity contribution is 7.89. The van der Waals surface area contributed by atoms with Crippen molar-refractivity contribution in [2.45, 2.75) is 17.2 Å². The highest BCUT2D eigenvalue weighted by Crippen LogP contribution is 2.61. The molecule has 38 heavy (non-hydrogen) atoms. The van der Waals surface area contributed by atoms with Crippen molar-refractivity contribution in [3.05, 3.63) is 135 Å². The van der Waals surface area contributed by atoms with E-state index in [1.54, 1.807) is 16.4 Å². The summed E-state index contributed by atoms with van der Waals surface area (Å²) in [5.74, 6) is -0.0141. The fourth-order valence-corrected chi connectivity index (χ4v) is 8.44. The first kappa shape index (κ1) is 23.7. The van der Waals surface area contributed by atoms with Crippen LogP contribution in [0.2, 0.25) is 5.02 Å². The lowest BCUT2D eigenvalue weighted by molar-refractivity contribution is 0.242. The summed E-state index contributed by atoms with van der Waals surface area (Å²) in [5, 5.41) is 4.28. The van der Waals surface area contributed by atoms with Crippen LogP contribution in [0.4, 0.5) is 5.69 Å². The molecule has 4 aromatic rings. The van der Waals surface area contributed by atoms with Crippen molar-refractivity contribution in [2.75, 3.05) is 25.0 Å². The zero-order valence-corrected chi connectivity index (χ0v) is 22.6. The first-order valence-corrected chi connectivity index (χ1v) is 14.7. The molecule has 6 heteroatoms. The predicted octanol–water partition coefficient (Wildman–Crippen LogP) is 6.50. The molecule has 3 aliphatic rings. The molecule has 4 aromatic carbocycles. The van der Waals surface area contributed by atoms with Crippen LogP contribution in [-0.4, -0.2) is 32.4 Å². The van der Waals surface area contributed by atoms with Crippen molar-refractivity contribution >= 4 is 32.9 Å². The second-order valence-corrected chi connectivity index (χ2v) is 12.8. The summed E-state index contributed by atoms with van der Waals surface area (Å²) in [6.07, 6.45) is 0. The summed E-state index contributed by atoms with van der Waals surface area (Å²) in [7, 11) is -3.70. The molecule has 2 aliphatic heterocycles. The first-order chi connectivity index (χ1) is 18.4. The van der Waals surface area contributed by atoms with Crippen LogP contribution in [-0.2, 0) is 15.4 Å². The Balaban J connectivity index is 1.52. The van der Waals surface area contributed by atoms with Gasteiger partial charge in [0.05, 0.1) is 10.3 Å². The number of fused-ring (bicyclic) bond motifs is 2. The van der Waals surface area contributed by atoms with Crippen LogP contribution in [0, 0.1) is 12.8 Å².